The number of carbonyl (C=O) groups is 1. The molecule has 0 amide bonds. The standard InChI is InChI=1S/C13H18N2O2/c1-13(6-2-3-7-13)15-11-8-9(12(16)17)4-5-10(11)14/h4-5,8,15H,2-3,6-7,14H2,1H3,(H,16,17). The minimum atomic E-state index is -0.926. The number of carboxylic acid groups (broad SMARTS) is 1. The van der Waals surface area contributed by atoms with Gasteiger partial charge in [0.15, 0.2) is 0 Å². The topological polar surface area (TPSA) is 75.3 Å². The SMILES string of the molecule is CC1(Nc2cc(C(=O)O)ccc2N)CCCC1. The van der Waals surface area contributed by atoms with Crippen LogP contribution in [0, 0.1) is 0 Å². The van der Waals surface area contributed by atoms with Crippen molar-refractivity contribution in [1.29, 1.82) is 0 Å². The molecule has 2 rings (SSSR count). The van der Waals surface area contributed by atoms with Crippen LogP contribution >= 0.6 is 0 Å². The lowest BCUT2D eigenvalue weighted by Gasteiger charge is -2.27. The van der Waals surface area contributed by atoms with Crippen molar-refractivity contribution in [2.45, 2.75) is 38.1 Å². The van der Waals surface area contributed by atoms with Gasteiger partial charge in [-0.2, -0.15) is 0 Å². The highest BCUT2D eigenvalue weighted by Gasteiger charge is 2.28. The van der Waals surface area contributed by atoms with E-state index in [1.807, 2.05) is 0 Å². The Bertz CT molecular complexity index is 437. The molecule has 0 unspecified atom stereocenters. The Morgan fingerprint density at radius 1 is 1.41 bits per heavy atom. The van der Waals surface area contributed by atoms with Crippen LogP contribution in [0.25, 0.3) is 0 Å². The molecule has 1 aromatic carbocycles. The monoisotopic (exact) mass is 234 g/mol. The van der Waals surface area contributed by atoms with E-state index in [-0.39, 0.29) is 11.1 Å². The predicted octanol–water partition coefficient (Wildman–Crippen LogP) is 2.71. The first-order valence-electron chi connectivity index (χ1n) is 5.91. The fraction of sp³-hybridized carbons (Fsp3) is 0.462. The summed E-state index contributed by atoms with van der Waals surface area (Å²) in [6, 6.07) is 4.78. The van der Waals surface area contributed by atoms with E-state index in [4.69, 9.17) is 10.8 Å². The maximum absolute atomic E-state index is 10.9. The highest BCUT2D eigenvalue weighted by molar-refractivity contribution is 5.90. The largest absolute Gasteiger partial charge is 0.478 e. The molecule has 0 radical (unpaired) electrons. The summed E-state index contributed by atoms with van der Waals surface area (Å²) in [7, 11) is 0. The molecule has 17 heavy (non-hydrogen) atoms. The second-order valence-corrected chi connectivity index (χ2v) is 5.00. The van der Waals surface area contributed by atoms with Gasteiger partial charge in [0.25, 0.3) is 0 Å². The number of aromatic carboxylic acids is 1. The first-order valence-corrected chi connectivity index (χ1v) is 5.91. The van der Waals surface area contributed by atoms with Gasteiger partial charge in [-0.05, 0) is 38.0 Å². The summed E-state index contributed by atoms with van der Waals surface area (Å²) in [5, 5.41) is 12.3. The van der Waals surface area contributed by atoms with E-state index in [9.17, 15) is 4.79 Å². The third-order valence-electron chi connectivity index (χ3n) is 3.44. The summed E-state index contributed by atoms with van der Waals surface area (Å²) in [4.78, 5) is 10.9. The number of anilines is 2. The number of nitrogens with two attached hydrogens (primary N) is 1. The van der Waals surface area contributed by atoms with Crippen molar-refractivity contribution in [2.24, 2.45) is 0 Å². The van der Waals surface area contributed by atoms with Crippen molar-refractivity contribution in [2.75, 3.05) is 11.1 Å². The van der Waals surface area contributed by atoms with E-state index in [0.29, 0.717) is 5.69 Å². The first kappa shape index (κ1) is 11.8. The van der Waals surface area contributed by atoms with E-state index in [2.05, 4.69) is 12.2 Å². The van der Waals surface area contributed by atoms with Gasteiger partial charge in [0.2, 0.25) is 0 Å². The molecule has 1 fully saturated rings. The molecule has 0 bridgehead atoms. The molecule has 4 heteroatoms. The fourth-order valence-corrected chi connectivity index (χ4v) is 2.40. The fourth-order valence-electron chi connectivity index (χ4n) is 2.40. The predicted molar refractivity (Wildman–Crippen MR) is 68.3 cm³/mol. The van der Waals surface area contributed by atoms with Gasteiger partial charge in [0, 0.05) is 5.54 Å². The lowest BCUT2D eigenvalue weighted by Crippen LogP contribution is -2.31. The molecule has 0 saturated heterocycles. The van der Waals surface area contributed by atoms with Crippen LogP contribution in [0.15, 0.2) is 18.2 Å². The number of rotatable bonds is 3. The van der Waals surface area contributed by atoms with Gasteiger partial charge >= 0.3 is 5.97 Å². The number of nitrogens with one attached hydrogen (secondary N) is 1. The molecule has 0 aliphatic heterocycles. The summed E-state index contributed by atoms with van der Waals surface area (Å²) < 4.78 is 0. The van der Waals surface area contributed by atoms with Crippen LogP contribution in [0.1, 0.15) is 43.0 Å². The average molecular weight is 234 g/mol. The Labute approximate surface area is 101 Å². The minimum Gasteiger partial charge on any atom is -0.478 e. The van der Waals surface area contributed by atoms with Gasteiger partial charge in [0.1, 0.15) is 0 Å². The number of benzene rings is 1. The molecule has 1 aromatic rings. The molecule has 4 N–H and O–H groups in total. The summed E-state index contributed by atoms with van der Waals surface area (Å²) in [6.07, 6.45) is 4.62. The Morgan fingerprint density at radius 2 is 2.06 bits per heavy atom. The molecule has 0 atom stereocenters. The quantitative estimate of drug-likeness (QED) is 0.703. The van der Waals surface area contributed by atoms with Crippen LogP contribution < -0.4 is 11.1 Å². The minimum absolute atomic E-state index is 0.0469. The molecule has 0 aromatic heterocycles. The smallest absolute Gasteiger partial charge is 0.335 e. The lowest BCUT2D eigenvalue weighted by atomic mass is 9.99. The molecule has 0 spiro atoms. The van der Waals surface area contributed by atoms with Gasteiger partial charge in [-0.3, -0.25) is 0 Å². The van der Waals surface area contributed by atoms with Gasteiger partial charge in [0.05, 0.1) is 16.9 Å². The summed E-state index contributed by atoms with van der Waals surface area (Å²) in [5.41, 5.74) is 7.52. The normalized spacial score (nSPS) is 17.9. The number of hydrogen-bond acceptors (Lipinski definition) is 3. The highest BCUT2D eigenvalue weighted by atomic mass is 16.4. The molecule has 1 saturated carbocycles. The van der Waals surface area contributed by atoms with Crippen molar-refractivity contribution < 1.29 is 9.90 Å². The zero-order valence-corrected chi connectivity index (χ0v) is 9.99. The number of carboxylic acids is 1. The Kier molecular flexibility index (Phi) is 2.96. The van der Waals surface area contributed by atoms with Crippen molar-refractivity contribution in [3.63, 3.8) is 0 Å². The van der Waals surface area contributed by atoms with Crippen molar-refractivity contribution in [1.82, 2.24) is 0 Å². The number of nitrogen functional groups attached to an aromatic ring is 1. The van der Waals surface area contributed by atoms with Crippen LogP contribution in [0.3, 0.4) is 0 Å². The van der Waals surface area contributed by atoms with Crippen LogP contribution in [0.4, 0.5) is 11.4 Å². The van der Waals surface area contributed by atoms with E-state index in [1.54, 1.807) is 12.1 Å². The Hall–Kier alpha value is -1.71. The Morgan fingerprint density at radius 3 is 2.65 bits per heavy atom. The van der Waals surface area contributed by atoms with Crippen molar-refractivity contribution >= 4 is 17.3 Å². The van der Waals surface area contributed by atoms with E-state index in [1.165, 1.54) is 18.9 Å². The molecule has 1 aliphatic carbocycles. The summed E-state index contributed by atoms with van der Waals surface area (Å²) in [6.45, 7) is 2.16. The molecule has 0 heterocycles. The highest BCUT2D eigenvalue weighted by Crippen LogP contribution is 2.34. The zero-order valence-electron chi connectivity index (χ0n) is 9.99. The van der Waals surface area contributed by atoms with Gasteiger partial charge in [-0.1, -0.05) is 12.8 Å². The Balaban J connectivity index is 2.25. The second kappa shape index (κ2) is 4.28. The molecule has 92 valence electrons. The van der Waals surface area contributed by atoms with E-state index in [0.717, 1.165) is 18.5 Å². The lowest BCUT2D eigenvalue weighted by molar-refractivity contribution is 0.0697. The van der Waals surface area contributed by atoms with Crippen LogP contribution in [0.5, 0.6) is 0 Å². The van der Waals surface area contributed by atoms with E-state index < -0.39 is 5.97 Å². The number of hydrogen-bond donors (Lipinski definition) is 3. The maximum atomic E-state index is 10.9. The third kappa shape index (κ3) is 2.52. The second-order valence-electron chi connectivity index (χ2n) is 5.00. The molecule has 1 aliphatic rings. The molecular formula is C13H18N2O2. The summed E-state index contributed by atoms with van der Waals surface area (Å²) >= 11 is 0. The van der Waals surface area contributed by atoms with Crippen LogP contribution in [0.2, 0.25) is 0 Å². The van der Waals surface area contributed by atoms with E-state index >= 15 is 0 Å². The third-order valence-corrected chi connectivity index (χ3v) is 3.44. The average Bonchev–Trinajstić information content (AvgIpc) is 2.68. The summed E-state index contributed by atoms with van der Waals surface area (Å²) in [5.74, 6) is -0.926. The molecular weight excluding hydrogens is 216 g/mol. The first-order chi connectivity index (χ1) is 8.00. The van der Waals surface area contributed by atoms with Crippen molar-refractivity contribution in [3.8, 4) is 0 Å². The molecule has 4 nitrogen and oxygen atoms in total. The van der Waals surface area contributed by atoms with Crippen LogP contribution in [-0.2, 0) is 0 Å². The van der Waals surface area contributed by atoms with Crippen LogP contribution in [-0.4, -0.2) is 16.6 Å². The maximum Gasteiger partial charge on any atom is 0.335 e. The zero-order chi connectivity index (χ0) is 12.5. The van der Waals surface area contributed by atoms with Crippen molar-refractivity contribution in [3.05, 3.63) is 23.8 Å². The van der Waals surface area contributed by atoms with Gasteiger partial charge in [-0.15, -0.1) is 0 Å². The van der Waals surface area contributed by atoms with Gasteiger partial charge in [-0.25, -0.2) is 4.79 Å². The van der Waals surface area contributed by atoms with Gasteiger partial charge < -0.3 is 16.2 Å².